The lowest BCUT2D eigenvalue weighted by Crippen LogP contribution is -2.16. The van der Waals surface area contributed by atoms with Gasteiger partial charge in [-0.05, 0) is 40.4 Å². The Hall–Kier alpha value is -1.73. The fraction of sp³-hybridized carbons (Fsp3) is 0.312. The third-order valence-corrected chi connectivity index (χ3v) is 4.78. The Morgan fingerprint density at radius 1 is 1.39 bits per heavy atom. The van der Waals surface area contributed by atoms with E-state index in [9.17, 15) is 4.79 Å². The number of imidazole rings is 1. The summed E-state index contributed by atoms with van der Waals surface area (Å²) in [4.78, 5) is 21.7. The predicted octanol–water partition coefficient (Wildman–Crippen LogP) is 4.49. The average molecular weight is 393 g/mol. The Morgan fingerprint density at radius 2 is 2.17 bits per heavy atom. The van der Waals surface area contributed by atoms with E-state index in [1.165, 1.54) is 11.3 Å². The number of nitrogens with zero attached hydrogens (tertiary/aromatic N) is 3. The SMILES string of the molecule is CCc1nc2ccc(Br)cn2c1C(=O)Nc1nc(C(C)C)cs1. The number of hydrogen-bond acceptors (Lipinski definition) is 4. The quantitative estimate of drug-likeness (QED) is 0.711. The number of halogens is 1. The van der Waals surface area contributed by atoms with E-state index in [4.69, 9.17) is 0 Å². The van der Waals surface area contributed by atoms with Gasteiger partial charge in [0, 0.05) is 16.0 Å². The maximum absolute atomic E-state index is 12.7. The molecule has 0 aliphatic carbocycles. The zero-order valence-electron chi connectivity index (χ0n) is 13.1. The van der Waals surface area contributed by atoms with Gasteiger partial charge < -0.3 is 0 Å². The van der Waals surface area contributed by atoms with Crippen molar-refractivity contribution < 1.29 is 4.79 Å². The summed E-state index contributed by atoms with van der Waals surface area (Å²) in [6.45, 7) is 6.16. The Labute approximate surface area is 146 Å². The molecule has 1 amide bonds. The number of amides is 1. The van der Waals surface area contributed by atoms with Gasteiger partial charge in [-0.25, -0.2) is 9.97 Å². The van der Waals surface area contributed by atoms with Gasteiger partial charge in [0.05, 0.1) is 11.4 Å². The summed E-state index contributed by atoms with van der Waals surface area (Å²) in [5, 5.41) is 5.49. The van der Waals surface area contributed by atoms with Gasteiger partial charge in [0.25, 0.3) is 5.91 Å². The van der Waals surface area contributed by atoms with Crippen molar-refractivity contribution in [2.75, 3.05) is 5.32 Å². The second-order valence-electron chi connectivity index (χ2n) is 5.52. The Bertz CT molecular complexity index is 868. The first-order valence-electron chi connectivity index (χ1n) is 7.42. The summed E-state index contributed by atoms with van der Waals surface area (Å²) in [7, 11) is 0. The van der Waals surface area contributed by atoms with Gasteiger partial charge >= 0.3 is 0 Å². The molecule has 3 aromatic rings. The molecule has 3 heterocycles. The third kappa shape index (κ3) is 3.16. The van der Waals surface area contributed by atoms with Gasteiger partial charge in [-0.2, -0.15) is 0 Å². The number of anilines is 1. The standard InChI is InChI=1S/C16H17BrN4OS/c1-4-11-14(21-7-10(17)5-6-13(21)18-11)15(22)20-16-19-12(8-23-16)9(2)3/h5-9H,4H2,1-3H3,(H,19,20,22). The molecule has 7 heteroatoms. The number of carbonyl (C=O) groups excluding carboxylic acids is 1. The maximum Gasteiger partial charge on any atom is 0.276 e. The van der Waals surface area contributed by atoms with Gasteiger partial charge in [0.15, 0.2) is 5.13 Å². The summed E-state index contributed by atoms with van der Waals surface area (Å²) in [6, 6.07) is 3.81. The zero-order chi connectivity index (χ0) is 16.6. The van der Waals surface area contributed by atoms with Crippen molar-refractivity contribution in [1.82, 2.24) is 14.4 Å². The highest BCUT2D eigenvalue weighted by Gasteiger charge is 2.19. The van der Waals surface area contributed by atoms with Crippen molar-refractivity contribution in [3.05, 3.63) is 45.3 Å². The molecule has 0 aliphatic heterocycles. The zero-order valence-corrected chi connectivity index (χ0v) is 15.5. The predicted molar refractivity (Wildman–Crippen MR) is 96.4 cm³/mol. The van der Waals surface area contributed by atoms with Crippen LogP contribution in [0.5, 0.6) is 0 Å². The highest BCUT2D eigenvalue weighted by molar-refractivity contribution is 9.10. The lowest BCUT2D eigenvalue weighted by Gasteiger charge is -2.04. The molecule has 1 N–H and O–H groups in total. The number of thiazole rings is 1. The first-order valence-corrected chi connectivity index (χ1v) is 9.10. The van der Waals surface area contributed by atoms with Gasteiger partial charge in [0.1, 0.15) is 11.3 Å². The molecule has 5 nitrogen and oxygen atoms in total. The van der Waals surface area contributed by atoms with Crippen LogP contribution in [-0.4, -0.2) is 20.3 Å². The van der Waals surface area contributed by atoms with E-state index in [1.54, 1.807) is 0 Å². The highest BCUT2D eigenvalue weighted by Crippen LogP contribution is 2.23. The summed E-state index contributed by atoms with van der Waals surface area (Å²) < 4.78 is 2.71. The molecule has 3 rings (SSSR count). The number of aromatic nitrogens is 3. The second kappa shape index (κ2) is 6.41. The van der Waals surface area contributed by atoms with E-state index in [-0.39, 0.29) is 5.91 Å². The number of fused-ring (bicyclic) bond motifs is 1. The van der Waals surface area contributed by atoms with E-state index < -0.39 is 0 Å². The van der Waals surface area contributed by atoms with Crippen molar-refractivity contribution in [3.8, 4) is 0 Å². The largest absolute Gasteiger partial charge is 0.296 e. The van der Waals surface area contributed by atoms with Crippen LogP contribution in [0.3, 0.4) is 0 Å². The van der Waals surface area contributed by atoms with E-state index in [2.05, 4.69) is 45.1 Å². The van der Waals surface area contributed by atoms with Gasteiger partial charge in [0.2, 0.25) is 0 Å². The lowest BCUT2D eigenvalue weighted by molar-refractivity contribution is 0.102. The molecule has 3 aromatic heterocycles. The Morgan fingerprint density at radius 3 is 2.83 bits per heavy atom. The van der Waals surface area contributed by atoms with Gasteiger partial charge in [-0.1, -0.05) is 20.8 Å². The fourth-order valence-corrected chi connectivity index (χ4v) is 3.52. The smallest absolute Gasteiger partial charge is 0.276 e. The van der Waals surface area contributed by atoms with Crippen LogP contribution in [0.2, 0.25) is 0 Å². The molecule has 0 fully saturated rings. The normalized spacial score (nSPS) is 11.3. The minimum atomic E-state index is -0.183. The molecule has 0 aliphatic rings. The maximum atomic E-state index is 12.7. The third-order valence-electron chi connectivity index (χ3n) is 3.54. The minimum Gasteiger partial charge on any atom is -0.296 e. The van der Waals surface area contributed by atoms with Gasteiger partial charge in [-0.15, -0.1) is 11.3 Å². The number of aryl methyl sites for hydroxylation is 1. The number of pyridine rings is 1. The first kappa shape index (κ1) is 16.1. The van der Waals surface area contributed by atoms with Crippen molar-refractivity contribution in [2.24, 2.45) is 0 Å². The van der Waals surface area contributed by atoms with Crippen molar-refractivity contribution in [2.45, 2.75) is 33.1 Å². The Balaban J connectivity index is 1.97. The second-order valence-corrected chi connectivity index (χ2v) is 7.30. The molecular weight excluding hydrogens is 376 g/mol. The fourth-order valence-electron chi connectivity index (χ4n) is 2.32. The lowest BCUT2D eigenvalue weighted by atomic mass is 10.2. The summed E-state index contributed by atoms with van der Waals surface area (Å²) in [5.41, 5.74) is 3.09. The molecule has 0 aromatic carbocycles. The molecule has 0 bridgehead atoms. The molecule has 0 saturated carbocycles. The number of carbonyl (C=O) groups is 1. The van der Waals surface area contributed by atoms with Crippen LogP contribution in [0.25, 0.3) is 5.65 Å². The topological polar surface area (TPSA) is 59.3 Å². The highest BCUT2D eigenvalue weighted by atomic mass is 79.9. The molecular formula is C16H17BrN4OS. The Kier molecular flexibility index (Phi) is 4.50. The van der Waals surface area contributed by atoms with E-state index in [0.29, 0.717) is 23.2 Å². The monoisotopic (exact) mass is 392 g/mol. The van der Waals surface area contributed by atoms with Crippen LogP contribution in [0, 0.1) is 0 Å². The first-order chi connectivity index (χ1) is 11.0. The average Bonchev–Trinajstić information content (AvgIpc) is 3.10. The van der Waals surface area contributed by atoms with Crippen LogP contribution >= 0.6 is 27.3 Å². The molecule has 0 saturated heterocycles. The minimum absolute atomic E-state index is 0.183. The summed E-state index contributed by atoms with van der Waals surface area (Å²) in [5.74, 6) is 0.159. The van der Waals surface area contributed by atoms with Crippen LogP contribution in [0.4, 0.5) is 5.13 Å². The van der Waals surface area contributed by atoms with Gasteiger partial charge in [-0.3, -0.25) is 14.5 Å². The molecule has 0 atom stereocenters. The van der Waals surface area contributed by atoms with Crippen LogP contribution < -0.4 is 5.32 Å². The molecule has 23 heavy (non-hydrogen) atoms. The molecule has 0 radical (unpaired) electrons. The number of hydrogen-bond donors (Lipinski definition) is 1. The van der Waals surface area contributed by atoms with Crippen LogP contribution in [0.15, 0.2) is 28.2 Å². The molecule has 0 spiro atoms. The van der Waals surface area contributed by atoms with E-state index in [0.717, 1.165) is 21.5 Å². The van der Waals surface area contributed by atoms with Crippen molar-refractivity contribution >= 4 is 44.0 Å². The summed E-state index contributed by atoms with van der Waals surface area (Å²) in [6.07, 6.45) is 2.55. The van der Waals surface area contributed by atoms with E-state index >= 15 is 0 Å². The van der Waals surface area contributed by atoms with Crippen LogP contribution in [0.1, 0.15) is 48.6 Å². The number of rotatable bonds is 4. The van der Waals surface area contributed by atoms with E-state index in [1.807, 2.05) is 35.0 Å². The van der Waals surface area contributed by atoms with Crippen LogP contribution in [-0.2, 0) is 6.42 Å². The summed E-state index contributed by atoms with van der Waals surface area (Å²) >= 11 is 4.89. The number of nitrogens with one attached hydrogen (secondary N) is 1. The molecule has 0 unspecified atom stereocenters. The molecule has 120 valence electrons. The van der Waals surface area contributed by atoms with Crippen molar-refractivity contribution in [1.29, 1.82) is 0 Å². The van der Waals surface area contributed by atoms with Crippen molar-refractivity contribution in [3.63, 3.8) is 0 Å².